The van der Waals surface area contributed by atoms with Crippen LogP contribution >= 0.6 is 36.2 Å². The van der Waals surface area contributed by atoms with Crippen LogP contribution in [0, 0.1) is 12.8 Å². The van der Waals surface area contributed by atoms with Crippen molar-refractivity contribution in [3.8, 4) is 10.8 Å². The van der Waals surface area contributed by atoms with Crippen molar-refractivity contribution in [2.75, 3.05) is 6.54 Å². The summed E-state index contributed by atoms with van der Waals surface area (Å²) in [5.41, 5.74) is 6.73. The first-order chi connectivity index (χ1) is 10.1. The minimum absolute atomic E-state index is 0. The molecule has 2 aromatic rings. The second kappa shape index (κ2) is 8.68. The molecular weight excluding hydrogens is 357 g/mol. The molecule has 2 heterocycles. The minimum Gasteiger partial charge on any atom is -0.459 e. The highest BCUT2D eigenvalue weighted by Crippen LogP contribution is 2.31. The Hall–Kier alpha value is -1.08. The number of furan rings is 1. The van der Waals surface area contributed by atoms with E-state index in [4.69, 9.17) is 10.2 Å². The molecule has 1 saturated carbocycles. The lowest BCUT2D eigenvalue weighted by Gasteiger charge is -2.10. The predicted octanol–water partition coefficient (Wildman–Crippen LogP) is 2.95. The molecule has 5 nitrogen and oxygen atoms in total. The van der Waals surface area contributed by atoms with Gasteiger partial charge in [-0.25, -0.2) is 4.98 Å². The Kier molecular flexibility index (Phi) is 7.54. The third kappa shape index (κ3) is 5.49. The Morgan fingerprint density at radius 1 is 1.48 bits per heavy atom. The van der Waals surface area contributed by atoms with Gasteiger partial charge in [-0.1, -0.05) is 0 Å². The Bertz CT molecular complexity index is 640. The third-order valence-electron chi connectivity index (χ3n) is 3.61. The van der Waals surface area contributed by atoms with E-state index in [2.05, 4.69) is 10.3 Å². The molecule has 0 saturated heterocycles. The lowest BCUT2D eigenvalue weighted by molar-refractivity contribution is -0.120. The molecule has 23 heavy (non-hydrogen) atoms. The van der Waals surface area contributed by atoms with Gasteiger partial charge < -0.3 is 15.5 Å². The normalized spacial score (nSPS) is 14.5. The maximum Gasteiger partial charge on any atom is 0.226 e. The fourth-order valence-electron chi connectivity index (χ4n) is 2.20. The van der Waals surface area contributed by atoms with Crippen LogP contribution < -0.4 is 11.1 Å². The van der Waals surface area contributed by atoms with Gasteiger partial charge in [-0.05, 0) is 37.8 Å². The monoisotopic (exact) mass is 377 g/mol. The quantitative estimate of drug-likeness (QED) is 0.810. The smallest absolute Gasteiger partial charge is 0.226 e. The van der Waals surface area contributed by atoms with Crippen molar-refractivity contribution in [2.24, 2.45) is 11.7 Å². The maximum absolute atomic E-state index is 11.9. The standard InChI is InChI=1S/C15H19N3O2S.2ClH/c1-9-2-5-13(20-9)15-18-11(8-21-15)6-14(19)17-7-12(16)10-3-4-10;;/h2,5,8,10,12H,3-4,6-7,16H2,1H3,(H,17,19);2*1H. The van der Waals surface area contributed by atoms with E-state index in [-0.39, 0.29) is 43.2 Å². The number of carbonyl (C=O) groups excluding carboxylic acids is 1. The number of amides is 1. The summed E-state index contributed by atoms with van der Waals surface area (Å²) in [6.45, 7) is 2.45. The van der Waals surface area contributed by atoms with Crippen LogP contribution in [0.25, 0.3) is 10.8 Å². The number of halogens is 2. The molecule has 0 bridgehead atoms. The Labute approximate surface area is 151 Å². The first kappa shape index (κ1) is 20.0. The fourth-order valence-corrected chi connectivity index (χ4v) is 2.98. The van der Waals surface area contributed by atoms with E-state index in [1.54, 1.807) is 0 Å². The van der Waals surface area contributed by atoms with Crippen molar-refractivity contribution in [3.05, 3.63) is 29.0 Å². The maximum atomic E-state index is 11.9. The van der Waals surface area contributed by atoms with Crippen LogP contribution in [0.3, 0.4) is 0 Å². The zero-order valence-electron chi connectivity index (χ0n) is 12.8. The molecular formula is C15H21Cl2N3O2S. The number of aromatic nitrogens is 1. The van der Waals surface area contributed by atoms with E-state index in [1.807, 2.05) is 24.4 Å². The SMILES string of the molecule is Cc1ccc(-c2nc(CC(=O)NCC(N)C3CC3)cs2)o1.Cl.Cl. The number of nitrogens with one attached hydrogen (secondary N) is 1. The topological polar surface area (TPSA) is 81.2 Å². The van der Waals surface area contributed by atoms with Crippen LogP contribution in [0.15, 0.2) is 21.9 Å². The number of aryl methyl sites for hydroxylation is 1. The van der Waals surface area contributed by atoms with E-state index in [0.29, 0.717) is 12.5 Å². The second-order valence-corrected chi connectivity index (χ2v) is 6.39. The first-order valence-electron chi connectivity index (χ1n) is 7.15. The summed E-state index contributed by atoms with van der Waals surface area (Å²) in [6.07, 6.45) is 2.66. The molecule has 0 spiro atoms. The van der Waals surface area contributed by atoms with Crippen molar-refractivity contribution >= 4 is 42.1 Å². The van der Waals surface area contributed by atoms with Crippen LogP contribution in [-0.4, -0.2) is 23.5 Å². The van der Waals surface area contributed by atoms with Gasteiger partial charge in [-0.2, -0.15) is 0 Å². The molecule has 3 rings (SSSR count). The summed E-state index contributed by atoms with van der Waals surface area (Å²) in [7, 11) is 0. The van der Waals surface area contributed by atoms with Crippen LogP contribution in [0.5, 0.6) is 0 Å². The summed E-state index contributed by atoms with van der Waals surface area (Å²) in [5.74, 6) is 2.17. The number of hydrogen-bond donors (Lipinski definition) is 2. The molecule has 1 fully saturated rings. The van der Waals surface area contributed by atoms with Gasteiger partial charge in [0.25, 0.3) is 0 Å². The molecule has 1 aliphatic rings. The summed E-state index contributed by atoms with van der Waals surface area (Å²) >= 11 is 1.49. The molecule has 0 aliphatic heterocycles. The minimum atomic E-state index is -0.0291. The van der Waals surface area contributed by atoms with Crippen molar-refractivity contribution in [2.45, 2.75) is 32.2 Å². The largest absolute Gasteiger partial charge is 0.459 e. The van der Waals surface area contributed by atoms with Gasteiger partial charge in [0.1, 0.15) is 5.76 Å². The predicted molar refractivity (Wildman–Crippen MR) is 96.5 cm³/mol. The van der Waals surface area contributed by atoms with Crippen LogP contribution in [0.2, 0.25) is 0 Å². The lowest BCUT2D eigenvalue weighted by Crippen LogP contribution is -2.39. The van der Waals surface area contributed by atoms with Gasteiger partial charge >= 0.3 is 0 Å². The summed E-state index contributed by atoms with van der Waals surface area (Å²) in [5, 5.41) is 5.59. The number of nitrogens with zero attached hydrogens (tertiary/aromatic N) is 1. The summed E-state index contributed by atoms with van der Waals surface area (Å²) < 4.78 is 5.53. The third-order valence-corrected chi connectivity index (χ3v) is 4.51. The van der Waals surface area contributed by atoms with Crippen molar-refractivity contribution in [1.82, 2.24) is 10.3 Å². The Morgan fingerprint density at radius 2 is 2.22 bits per heavy atom. The summed E-state index contributed by atoms with van der Waals surface area (Å²) in [4.78, 5) is 16.3. The van der Waals surface area contributed by atoms with Gasteiger partial charge in [0.2, 0.25) is 5.91 Å². The first-order valence-corrected chi connectivity index (χ1v) is 8.03. The average molecular weight is 378 g/mol. The molecule has 8 heteroatoms. The highest BCUT2D eigenvalue weighted by atomic mass is 35.5. The number of rotatable bonds is 6. The highest BCUT2D eigenvalue weighted by Gasteiger charge is 2.28. The Morgan fingerprint density at radius 3 is 2.83 bits per heavy atom. The molecule has 128 valence electrons. The van der Waals surface area contributed by atoms with Crippen LogP contribution in [-0.2, 0) is 11.2 Å². The van der Waals surface area contributed by atoms with Gasteiger partial charge in [0.15, 0.2) is 10.8 Å². The molecule has 1 amide bonds. The zero-order chi connectivity index (χ0) is 14.8. The van der Waals surface area contributed by atoms with E-state index in [1.165, 1.54) is 24.2 Å². The van der Waals surface area contributed by atoms with E-state index in [0.717, 1.165) is 22.2 Å². The van der Waals surface area contributed by atoms with Gasteiger partial charge in [0, 0.05) is 18.0 Å². The lowest BCUT2D eigenvalue weighted by atomic mass is 10.2. The average Bonchev–Trinajstić information content (AvgIpc) is 3.07. The molecule has 1 unspecified atom stereocenters. The van der Waals surface area contributed by atoms with E-state index < -0.39 is 0 Å². The molecule has 1 atom stereocenters. The second-order valence-electron chi connectivity index (χ2n) is 5.54. The van der Waals surface area contributed by atoms with E-state index >= 15 is 0 Å². The number of carbonyl (C=O) groups is 1. The highest BCUT2D eigenvalue weighted by molar-refractivity contribution is 7.13. The number of thiazole rings is 1. The molecule has 1 aliphatic carbocycles. The fraction of sp³-hybridized carbons (Fsp3) is 0.467. The molecule has 0 radical (unpaired) electrons. The van der Waals surface area contributed by atoms with Gasteiger partial charge in [0.05, 0.1) is 12.1 Å². The van der Waals surface area contributed by atoms with Crippen LogP contribution in [0.4, 0.5) is 0 Å². The number of nitrogens with two attached hydrogens (primary N) is 1. The van der Waals surface area contributed by atoms with Crippen molar-refractivity contribution in [1.29, 1.82) is 0 Å². The van der Waals surface area contributed by atoms with Gasteiger partial charge in [-0.3, -0.25) is 4.79 Å². The van der Waals surface area contributed by atoms with Crippen molar-refractivity contribution < 1.29 is 9.21 Å². The van der Waals surface area contributed by atoms with E-state index in [9.17, 15) is 4.79 Å². The zero-order valence-corrected chi connectivity index (χ0v) is 15.2. The number of hydrogen-bond acceptors (Lipinski definition) is 5. The molecule has 0 aromatic carbocycles. The van der Waals surface area contributed by atoms with Crippen molar-refractivity contribution in [3.63, 3.8) is 0 Å². The molecule has 2 aromatic heterocycles. The Balaban J connectivity index is 0.00000132. The van der Waals surface area contributed by atoms with Crippen LogP contribution in [0.1, 0.15) is 24.3 Å². The molecule has 3 N–H and O–H groups in total. The van der Waals surface area contributed by atoms with Gasteiger partial charge in [-0.15, -0.1) is 36.2 Å². The summed E-state index contributed by atoms with van der Waals surface area (Å²) in [6, 6.07) is 3.89.